The second-order valence-corrected chi connectivity index (χ2v) is 5.91. The maximum Gasteiger partial charge on any atom is 0.433 e. The van der Waals surface area contributed by atoms with Gasteiger partial charge in [0.25, 0.3) is 5.78 Å². The number of fused-ring (bicyclic) bond motifs is 1. The molecule has 0 saturated heterocycles. The average Bonchev–Trinajstić information content (AvgIpc) is 2.86. The summed E-state index contributed by atoms with van der Waals surface area (Å²) in [5, 5.41) is 6.83. The fraction of sp³-hybridized carbons (Fsp3) is 0.667. The Morgan fingerprint density at radius 1 is 1.21 bits per heavy atom. The van der Waals surface area contributed by atoms with Crippen molar-refractivity contribution in [3.8, 4) is 0 Å². The summed E-state index contributed by atoms with van der Waals surface area (Å²) in [6.07, 6.45) is 3.87. The maximum atomic E-state index is 12.9. The molecule has 2 aromatic heterocycles. The highest BCUT2D eigenvalue weighted by atomic mass is 19.4. The Hall–Kier alpha value is -1.90. The average molecular weight is 343 g/mol. The largest absolute Gasteiger partial charge is 0.433 e. The maximum absolute atomic E-state index is 12.9. The molecule has 1 N–H and O–H groups in total. The quantitative estimate of drug-likeness (QED) is 0.667. The first-order valence-corrected chi connectivity index (χ1v) is 8.17. The summed E-state index contributed by atoms with van der Waals surface area (Å²) in [5.41, 5.74) is -0.991. The summed E-state index contributed by atoms with van der Waals surface area (Å²) in [5.74, 6) is 0.117. The van der Waals surface area contributed by atoms with E-state index in [4.69, 9.17) is 4.74 Å². The molecule has 1 saturated carbocycles. The number of hydrogen-bond donors (Lipinski definition) is 1. The molecule has 0 unspecified atom stereocenters. The number of rotatable bonds is 5. The van der Waals surface area contributed by atoms with E-state index in [1.54, 1.807) is 0 Å². The zero-order valence-corrected chi connectivity index (χ0v) is 13.2. The van der Waals surface area contributed by atoms with Gasteiger partial charge in [0.15, 0.2) is 5.69 Å². The molecule has 1 aliphatic rings. The number of nitrogens with zero attached hydrogens (tertiary/aromatic N) is 4. The van der Waals surface area contributed by atoms with Crippen molar-refractivity contribution in [3.05, 3.63) is 18.1 Å². The van der Waals surface area contributed by atoms with Gasteiger partial charge in [0.2, 0.25) is 0 Å². The molecular weight excluding hydrogens is 323 g/mol. The number of alkyl halides is 3. The van der Waals surface area contributed by atoms with Crippen molar-refractivity contribution in [2.75, 3.05) is 18.5 Å². The molecule has 0 aliphatic heterocycles. The Balaban J connectivity index is 1.61. The van der Waals surface area contributed by atoms with Gasteiger partial charge in [-0.05, 0) is 12.8 Å². The van der Waals surface area contributed by atoms with Crippen LogP contribution in [0.4, 0.5) is 19.0 Å². The van der Waals surface area contributed by atoms with Gasteiger partial charge < -0.3 is 10.1 Å². The van der Waals surface area contributed by atoms with Crippen LogP contribution in [0.5, 0.6) is 0 Å². The van der Waals surface area contributed by atoms with Crippen molar-refractivity contribution < 1.29 is 17.9 Å². The lowest BCUT2D eigenvalue weighted by molar-refractivity contribution is -0.141. The number of ether oxygens (including phenoxy) is 1. The van der Waals surface area contributed by atoms with Gasteiger partial charge >= 0.3 is 6.18 Å². The molecule has 132 valence electrons. The highest BCUT2D eigenvalue weighted by Gasteiger charge is 2.34. The number of anilines is 1. The van der Waals surface area contributed by atoms with Gasteiger partial charge in [-0.2, -0.15) is 27.8 Å². The van der Waals surface area contributed by atoms with E-state index in [0.29, 0.717) is 13.2 Å². The molecule has 1 fully saturated rings. The van der Waals surface area contributed by atoms with Crippen molar-refractivity contribution in [1.29, 1.82) is 0 Å². The van der Waals surface area contributed by atoms with Gasteiger partial charge in [-0.3, -0.25) is 0 Å². The van der Waals surface area contributed by atoms with E-state index in [-0.39, 0.29) is 17.7 Å². The molecule has 2 aromatic rings. The number of aromatic nitrogens is 4. The smallest absolute Gasteiger partial charge is 0.376 e. The van der Waals surface area contributed by atoms with Crippen LogP contribution in [0.1, 0.15) is 44.2 Å². The third kappa shape index (κ3) is 4.14. The minimum atomic E-state index is -4.53. The molecule has 0 atom stereocenters. The predicted octanol–water partition coefficient (Wildman–Crippen LogP) is 3.29. The standard InChI is InChI=1S/C15H20F3N5O/c16-15(17,18)12-9-13(23-14(22-12)20-10-21-23)19-7-8-24-11-5-3-1-2-4-6-11/h9-11,19H,1-8H2. The molecular formula is C15H20F3N5O. The first-order chi connectivity index (χ1) is 11.5. The van der Waals surface area contributed by atoms with Crippen LogP contribution in [0.3, 0.4) is 0 Å². The molecule has 0 radical (unpaired) electrons. The van der Waals surface area contributed by atoms with Crippen molar-refractivity contribution >= 4 is 11.6 Å². The van der Waals surface area contributed by atoms with E-state index < -0.39 is 11.9 Å². The molecule has 6 nitrogen and oxygen atoms in total. The summed E-state index contributed by atoms with van der Waals surface area (Å²) in [7, 11) is 0. The van der Waals surface area contributed by atoms with Gasteiger partial charge in [-0.15, -0.1) is 0 Å². The van der Waals surface area contributed by atoms with Crippen molar-refractivity contribution in [2.24, 2.45) is 0 Å². The first kappa shape index (κ1) is 16.9. The Kier molecular flexibility index (Phi) is 5.17. The summed E-state index contributed by atoms with van der Waals surface area (Å²) in [4.78, 5) is 7.21. The SMILES string of the molecule is FC(F)(F)c1cc(NCCOC2CCCCCC2)n2ncnc2n1. The lowest BCUT2D eigenvalue weighted by Crippen LogP contribution is -2.19. The Morgan fingerprint density at radius 2 is 1.96 bits per heavy atom. The molecule has 24 heavy (non-hydrogen) atoms. The molecule has 2 heterocycles. The van der Waals surface area contributed by atoms with Crippen LogP contribution in [0.2, 0.25) is 0 Å². The van der Waals surface area contributed by atoms with Gasteiger partial charge in [0, 0.05) is 12.6 Å². The van der Waals surface area contributed by atoms with Crippen LogP contribution in [0.15, 0.2) is 12.4 Å². The monoisotopic (exact) mass is 343 g/mol. The van der Waals surface area contributed by atoms with E-state index in [1.165, 1.54) is 36.5 Å². The van der Waals surface area contributed by atoms with Crippen molar-refractivity contribution in [3.63, 3.8) is 0 Å². The van der Waals surface area contributed by atoms with Gasteiger partial charge in [0.05, 0.1) is 12.7 Å². The molecule has 0 aromatic carbocycles. The normalized spacial score (nSPS) is 17.1. The first-order valence-electron chi connectivity index (χ1n) is 8.17. The van der Waals surface area contributed by atoms with E-state index in [1.807, 2.05) is 0 Å². The summed E-state index contributed by atoms with van der Waals surface area (Å²) < 4.78 is 45.8. The van der Waals surface area contributed by atoms with Crippen molar-refractivity contribution in [1.82, 2.24) is 19.6 Å². The van der Waals surface area contributed by atoms with Crippen LogP contribution >= 0.6 is 0 Å². The Bertz CT molecular complexity index is 665. The zero-order chi connectivity index (χ0) is 17.0. The number of halogens is 3. The predicted molar refractivity (Wildman–Crippen MR) is 81.7 cm³/mol. The number of nitrogens with one attached hydrogen (secondary N) is 1. The molecule has 0 bridgehead atoms. The van der Waals surface area contributed by atoms with Gasteiger partial charge in [-0.1, -0.05) is 25.7 Å². The van der Waals surface area contributed by atoms with Crippen LogP contribution in [0.25, 0.3) is 5.78 Å². The molecule has 9 heteroatoms. The lowest BCUT2D eigenvalue weighted by atomic mass is 10.1. The summed E-state index contributed by atoms with van der Waals surface area (Å²) in [6.45, 7) is 0.831. The minimum Gasteiger partial charge on any atom is -0.376 e. The van der Waals surface area contributed by atoms with Crippen LogP contribution in [0, 0.1) is 0 Å². The highest BCUT2D eigenvalue weighted by Crippen LogP contribution is 2.29. The fourth-order valence-corrected chi connectivity index (χ4v) is 2.90. The highest BCUT2D eigenvalue weighted by molar-refractivity contribution is 5.45. The molecule has 0 spiro atoms. The lowest BCUT2D eigenvalue weighted by Gasteiger charge is -2.16. The van der Waals surface area contributed by atoms with E-state index >= 15 is 0 Å². The van der Waals surface area contributed by atoms with Gasteiger partial charge in [-0.25, -0.2) is 4.98 Å². The molecule has 1 aliphatic carbocycles. The molecule has 0 amide bonds. The van der Waals surface area contributed by atoms with Gasteiger partial charge in [0.1, 0.15) is 12.1 Å². The fourth-order valence-electron chi connectivity index (χ4n) is 2.90. The van der Waals surface area contributed by atoms with Crippen molar-refractivity contribution in [2.45, 2.75) is 50.8 Å². The van der Waals surface area contributed by atoms with Crippen LogP contribution < -0.4 is 5.32 Å². The second-order valence-electron chi connectivity index (χ2n) is 5.91. The van der Waals surface area contributed by atoms with E-state index in [0.717, 1.165) is 18.9 Å². The minimum absolute atomic E-state index is 0.0861. The Morgan fingerprint density at radius 3 is 2.67 bits per heavy atom. The van der Waals surface area contributed by atoms with E-state index in [2.05, 4.69) is 20.4 Å². The molecule has 3 rings (SSSR count). The van der Waals surface area contributed by atoms with Crippen LogP contribution in [-0.4, -0.2) is 38.8 Å². The third-order valence-corrected chi connectivity index (χ3v) is 4.11. The second kappa shape index (κ2) is 7.33. The third-order valence-electron chi connectivity index (χ3n) is 4.11. The number of hydrogen-bond acceptors (Lipinski definition) is 5. The summed E-state index contributed by atoms with van der Waals surface area (Å²) in [6, 6.07) is 0.938. The zero-order valence-electron chi connectivity index (χ0n) is 13.2. The summed E-state index contributed by atoms with van der Waals surface area (Å²) >= 11 is 0. The Labute approximate surface area is 137 Å². The topological polar surface area (TPSA) is 64.3 Å². The van der Waals surface area contributed by atoms with E-state index in [9.17, 15) is 13.2 Å². The van der Waals surface area contributed by atoms with Crippen LogP contribution in [-0.2, 0) is 10.9 Å².